The van der Waals surface area contributed by atoms with Crippen molar-refractivity contribution in [3.8, 4) is 11.1 Å². The normalized spacial score (nSPS) is 19.4. The lowest BCUT2D eigenvalue weighted by Gasteiger charge is -2.37. The number of hydrogen-bond donors (Lipinski definition) is 1. The van der Waals surface area contributed by atoms with Crippen LogP contribution < -0.4 is 10.2 Å². The largest absolute Gasteiger partial charge is 0.364 e. The Bertz CT molecular complexity index is 955. The molecule has 3 nitrogen and oxygen atoms in total. The van der Waals surface area contributed by atoms with Gasteiger partial charge in [0.05, 0.1) is 11.4 Å². The molecule has 1 unspecified atom stereocenters. The molecule has 0 spiro atoms. The van der Waals surface area contributed by atoms with Gasteiger partial charge in [0.2, 0.25) is 0 Å². The highest BCUT2D eigenvalue weighted by molar-refractivity contribution is 5.97. The molecule has 1 atom stereocenters. The van der Waals surface area contributed by atoms with Gasteiger partial charge in [0.1, 0.15) is 0 Å². The maximum atomic E-state index is 4.71. The molecule has 1 fully saturated rings. The van der Waals surface area contributed by atoms with Gasteiger partial charge in [-0.3, -0.25) is 4.99 Å². The number of hydrogen-bond acceptors (Lipinski definition) is 3. The first-order valence-corrected chi connectivity index (χ1v) is 9.02. The SMILES string of the molecule is C1=Nc2ccc(-c3cccc4ccccc34)cc2N2CCNCC2C1. The van der Waals surface area contributed by atoms with Crippen LogP contribution in [0.4, 0.5) is 11.4 Å². The monoisotopic (exact) mass is 327 g/mol. The molecule has 0 radical (unpaired) electrons. The second kappa shape index (κ2) is 6.01. The van der Waals surface area contributed by atoms with Gasteiger partial charge in [-0.2, -0.15) is 0 Å². The lowest BCUT2D eigenvalue weighted by atomic mass is 9.97. The molecule has 3 aromatic rings. The highest BCUT2D eigenvalue weighted by Gasteiger charge is 2.25. The van der Waals surface area contributed by atoms with Gasteiger partial charge in [0.15, 0.2) is 0 Å². The van der Waals surface area contributed by atoms with E-state index in [2.05, 4.69) is 77.1 Å². The topological polar surface area (TPSA) is 27.6 Å². The number of rotatable bonds is 1. The summed E-state index contributed by atoms with van der Waals surface area (Å²) >= 11 is 0. The fourth-order valence-corrected chi connectivity index (χ4v) is 4.07. The van der Waals surface area contributed by atoms with Crippen LogP contribution in [0.15, 0.2) is 65.7 Å². The molecule has 1 saturated heterocycles. The lowest BCUT2D eigenvalue weighted by Crippen LogP contribution is -2.51. The number of fused-ring (bicyclic) bond motifs is 4. The van der Waals surface area contributed by atoms with Crippen LogP contribution in [0.25, 0.3) is 21.9 Å². The van der Waals surface area contributed by atoms with E-state index in [0.717, 1.165) is 31.7 Å². The molecule has 3 aromatic carbocycles. The predicted molar refractivity (Wildman–Crippen MR) is 106 cm³/mol. The van der Waals surface area contributed by atoms with Gasteiger partial charge in [-0.25, -0.2) is 0 Å². The molecular formula is C22H21N3. The third-order valence-electron chi connectivity index (χ3n) is 5.34. The van der Waals surface area contributed by atoms with Gasteiger partial charge in [-0.15, -0.1) is 0 Å². The van der Waals surface area contributed by atoms with E-state index in [1.54, 1.807) is 0 Å². The molecule has 0 aliphatic carbocycles. The Kier molecular flexibility index (Phi) is 3.53. The van der Waals surface area contributed by atoms with Crippen LogP contribution in [0.3, 0.4) is 0 Å². The van der Waals surface area contributed by atoms with Gasteiger partial charge >= 0.3 is 0 Å². The third kappa shape index (κ3) is 2.52. The zero-order valence-electron chi connectivity index (χ0n) is 14.2. The minimum absolute atomic E-state index is 0.501. The molecule has 0 bridgehead atoms. The highest BCUT2D eigenvalue weighted by Crippen LogP contribution is 2.38. The number of anilines is 1. The van der Waals surface area contributed by atoms with Gasteiger partial charge in [0.25, 0.3) is 0 Å². The lowest BCUT2D eigenvalue weighted by molar-refractivity contribution is 0.489. The first kappa shape index (κ1) is 14.7. The summed E-state index contributed by atoms with van der Waals surface area (Å²) in [7, 11) is 0. The van der Waals surface area contributed by atoms with E-state index in [1.807, 2.05) is 0 Å². The van der Waals surface area contributed by atoms with Crippen LogP contribution in [0.2, 0.25) is 0 Å². The number of benzene rings is 3. The summed E-state index contributed by atoms with van der Waals surface area (Å²) in [5, 5.41) is 6.10. The highest BCUT2D eigenvalue weighted by atomic mass is 15.2. The maximum Gasteiger partial charge on any atom is 0.0859 e. The molecule has 1 N–H and O–H groups in total. The first-order valence-electron chi connectivity index (χ1n) is 9.02. The summed E-state index contributed by atoms with van der Waals surface area (Å²) in [5.74, 6) is 0. The minimum Gasteiger partial charge on any atom is -0.364 e. The van der Waals surface area contributed by atoms with Crippen molar-refractivity contribution in [3.63, 3.8) is 0 Å². The first-order chi connectivity index (χ1) is 12.4. The second-order valence-electron chi connectivity index (χ2n) is 6.83. The number of aliphatic imine (C=N–C) groups is 1. The predicted octanol–water partition coefficient (Wildman–Crippen LogP) is 4.39. The average molecular weight is 327 g/mol. The summed E-state index contributed by atoms with van der Waals surface area (Å²) < 4.78 is 0. The van der Waals surface area contributed by atoms with Gasteiger partial charge in [-0.1, -0.05) is 48.5 Å². The second-order valence-corrected chi connectivity index (χ2v) is 6.83. The van der Waals surface area contributed by atoms with Gasteiger partial charge in [-0.05, 0) is 34.0 Å². The minimum atomic E-state index is 0.501. The van der Waals surface area contributed by atoms with E-state index in [1.165, 1.54) is 27.6 Å². The number of piperazine rings is 1. The average Bonchev–Trinajstić information content (AvgIpc) is 2.86. The van der Waals surface area contributed by atoms with Crippen molar-refractivity contribution in [2.24, 2.45) is 4.99 Å². The molecule has 25 heavy (non-hydrogen) atoms. The van der Waals surface area contributed by atoms with Crippen LogP contribution in [0.1, 0.15) is 6.42 Å². The number of nitrogens with zero attached hydrogens (tertiary/aromatic N) is 2. The molecule has 0 aromatic heterocycles. The quantitative estimate of drug-likeness (QED) is 0.718. The molecule has 124 valence electrons. The molecule has 5 rings (SSSR count). The summed E-state index contributed by atoms with van der Waals surface area (Å²) in [5.41, 5.74) is 4.92. The zero-order valence-corrected chi connectivity index (χ0v) is 14.2. The zero-order chi connectivity index (χ0) is 16.6. The summed E-state index contributed by atoms with van der Waals surface area (Å²) in [4.78, 5) is 7.25. The van der Waals surface area contributed by atoms with Crippen molar-refractivity contribution in [2.75, 3.05) is 24.5 Å². The van der Waals surface area contributed by atoms with E-state index in [9.17, 15) is 0 Å². The maximum absolute atomic E-state index is 4.71. The fourth-order valence-electron chi connectivity index (χ4n) is 4.07. The smallest absolute Gasteiger partial charge is 0.0859 e. The molecule has 0 saturated carbocycles. The van der Waals surface area contributed by atoms with Crippen molar-refractivity contribution in [3.05, 3.63) is 60.7 Å². The Hall–Kier alpha value is -2.65. The molecule has 3 heteroatoms. The van der Waals surface area contributed by atoms with Crippen LogP contribution in [-0.2, 0) is 0 Å². The van der Waals surface area contributed by atoms with Crippen LogP contribution in [-0.4, -0.2) is 31.9 Å². The molecule has 2 aliphatic heterocycles. The van der Waals surface area contributed by atoms with Crippen LogP contribution in [0, 0.1) is 0 Å². The van der Waals surface area contributed by atoms with E-state index >= 15 is 0 Å². The Labute approximate surface area is 148 Å². The van der Waals surface area contributed by atoms with E-state index < -0.39 is 0 Å². The third-order valence-corrected chi connectivity index (χ3v) is 5.34. The van der Waals surface area contributed by atoms with Crippen molar-refractivity contribution in [1.82, 2.24) is 5.32 Å². The fraction of sp³-hybridized carbons (Fsp3) is 0.227. The standard InChI is InChI=1S/C22H21N3/c1-2-6-19-16(4-1)5-3-7-20(19)17-8-9-21-22(14-17)25-13-12-23-15-18(25)10-11-24-21/h1-9,11,14,18,23H,10,12-13,15H2. The Morgan fingerprint density at radius 3 is 2.92 bits per heavy atom. The van der Waals surface area contributed by atoms with E-state index in [0.29, 0.717) is 6.04 Å². The van der Waals surface area contributed by atoms with Crippen LogP contribution >= 0.6 is 0 Å². The number of nitrogens with one attached hydrogen (secondary N) is 1. The summed E-state index contributed by atoms with van der Waals surface area (Å²) in [6.45, 7) is 3.11. The molecule has 2 aliphatic rings. The van der Waals surface area contributed by atoms with E-state index in [4.69, 9.17) is 4.99 Å². The summed E-state index contributed by atoms with van der Waals surface area (Å²) in [6, 6.07) is 22.4. The Morgan fingerprint density at radius 2 is 1.92 bits per heavy atom. The van der Waals surface area contributed by atoms with Gasteiger partial charge < -0.3 is 10.2 Å². The molecule has 2 heterocycles. The van der Waals surface area contributed by atoms with Crippen molar-refractivity contribution >= 4 is 28.4 Å². The molecular weight excluding hydrogens is 306 g/mol. The van der Waals surface area contributed by atoms with Crippen molar-refractivity contribution in [2.45, 2.75) is 12.5 Å². The van der Waals surface area contributed by atoms with E-state index in [-0.39, 0.29) is 0 Å². The van der Waals surface area contributed by atoms with Gasteiger partial charge in [0, 0.05) is 38.3 Å². The van der Waals surface area contributed by atoms with Crippen molar-refractivity contribution in [1.29, 1.82) is 0 Å². The van der Waals surface area contributed by atoms with Crippen LogP contribution in [0.5, 0.6) is 0 Å². The molecule has 0 amide bonds. The Morgan fingerprint density at radius 1 is 1.00 bits per heavy atom. The Balaban J connectivity index is 1.67. The summed E-state index contributed by atoms with van der Waals surface area (Å²) in [6.07, 6.45) is 3.08. The van der Waals surface area contributed by atoms with Crippen molar-refractivity contribution < 1.29 is 0 Å².